The van der Waals surface area contributed by atoms with Crippen LogP contribution in [-0.4, -0.2) is 49.2 Å². The molecule has 6 heteroatoms. The highest BCUT2D eigenvalue weighted by Crippen LogP contribution is 2.29. The number of anilines is 1. The molecule has 0 aliphatic carbocycles. The lowest BCUT2D eigenvalue weighted by Gasteiger charge is -2.19. The highest BCUT2D eigenvalue weighted by atomic mass is 16.5. The number of nitrogens with one attached hydrogen (secondary N) is 1. The molecule has 2 fully saturated rings. The van der Waals surface area contributed by atoms with Crippen LogP contribution >= 0.6 is 0 Å². The number of rotatable bonds is 2. The molecule has 6 nitrogen and oxygen atoms in total. The quantitative estimate of drug-likeness (QED) is 0.769. The van der Waals surface area contributed by atoms with E-state index < -0.39 is 5.97 Å². The second-order valence-corrected chi connectivity index (χ2v) is 5.27. The molecule has 2 aliphatic heterocycles. The lowest BCUT2D eigenvalue weighted by molar-refractivity contribution is 0.0586. The first-order chi connectivity index (χ1) is 9.17. The van der Waals surface area contributed by atoms with E-state index in [4.69, 9.17) is 4.74 Å². The molecule has 0 aromatic carbocycles. The van der Waals surface area contributed by atoms with Crippen molar-refractivity contribution in [1.82, 2.24) is 15.3 Å². The van der Waals surface area contributed by atoms with Crippen molar-refractivity contribution in [2.24, 2.45) is 11.8 Å². The maximum Gasteiger partial charge on any atom is 0.376 e. The van der Waals surface area contributed by atoms with Crippen molar-refractivity contribution >= 4 is 11.8 Å². The van der Waals surface area contributed by atoms with Gasteiger partial charge in [-0.25, -0.2) is 14.8 Å². The van der Waals surface area contributed by atoms with Crippen molar-refractivity contribution in [3.05, 3.63) is 17.6 Å². The summed E-state index contributed by atoms with van der Waals surface area (Å²) < 4.78 is 4.69. The zero-order valence-corrected chi connectivity index (χ0v) is 11.2. The van der Waals surface area contributed by atoms with E-state index in [2.05, 4.69) is 20.2 Å². The Labute approximate surface area is 112 Å². The first-order valence-corrected chi connectivity index (χ1v) is 6.57. The summed E-state index contributed by atoms with van der Waals surface area (Å²) in [6.07, 6.45) is 0. The van der Waals surface area contributed by atoms with Gasteiger partial charge in [0.25, 0.3) is 0 Å². The zero-order valence-electron chi connectivity index (χ0n) is 11.2. The first kappa shape index (κ1) is 12.3. The second-order valence-electron chi connectivity index (χ2n) is 5.27. The molecule has 0 spiro atoms. The number of aromatic nitrogens is 2. The fraction of sp³-hybridized carbons (Fsp3) is 0.615. The molecule has 2 aliphatic rings. The molecular weight excluding hydrogens is 244 g/mol. The van der Waals surface area contributed by atoms with Crippen molar-refractivity contribution in [1.29, 1.82) is 0 Å². The van der Waals surface area contributed by atoms with Crippen molar-refractivity contribution in [2.75, 3.05) is 38.2 Å². The average Bonchev–Trinajstić information content (AvgIpc) is 2.97. The smallest absolute Gasteiger partial charge is 0.376 e. The Morgan fingerprint density at radius 2 is 2.05 bits per heavy atom. The van der Waals surface area contributed by atoms with E-state index in [0.29, 0.717) is 11.8 Å². The van der Waals surface area contributed by atoms with E-state index in [1.807, 2.05) is 13.0 Å². The SMILES string of the molecule is COC(=O)c1nc(C)cc(N2CC3CNCC3C2)n1. The molecule has 102 valence electrons. The van der Waals surface area contributed by atoms with Gasteiger partial charge >= 0.3 is 5.97 Å². The summed E-state index contributed by atoms with van der Waals surface area (Å²) in [5.41, 5.74) is 0.792. The molecule has 2 unspecified atom stereocenters. The van der Waals surface area contributed by atoms with Crippen molar-refractivity contribution in [3.63, 3.8) is 0 Å². The highest BCUT2D eigenvalue weighted by Gasteiger charge is 2.36. The van der Waals surface area contributed by atoms with Gasteiger partial charge in [-0.3, -0.25) is 0 Å². The Bertz CT molecular complexity index is 493. The Kier molecular flexibility index (Phi) is 3.10. The summed E-state index contributed by atoms with van der Waals surface area (Å²) in [6.45, 7) is 6.02. The molecule has 1 aromatic rings. The fourth-order valence-electron chi connectivity index (χ4n) is 2.94. The van der Waals surface area contributed by atoms with Crippen molar-refractivity contribution in [3.8, 4) is 0 Å². The summed E-state index contributed by atoms with van der Waals surface area (Å²) in [4.78, 5) is 22.3. The molecule has 0 amide bonds. The lowest BCUT2D eigenvalue weighted by Crippen LogP contribution is -2.27. The van der Waals surface area contributed by atoms with Gasteiger partial charge in [-0.1, -0.05) is 0 Å². The van der Waals surface area contributed by atoms with Crippen LogP contribution in [-0.2, 0) is 4.74 Å². The number of nitrogens with zero attached hydrogens (tertiary/aromatic N) is 3. The minimum Gasteiger partial charge on any atom is -0.463 e. The van der Waals surface area contributed by atoms with Crippen LogP contribution in [0.2, 0.25) is 0 Å². The van der Waals surface area contributed by atoms with E-state index in [-0.39, 0.29) is 5.82 Å². The Balaban J connectivity index is 1.85. The molecule has 2 atom stereocenters. The summed E-state index contributed by atoms with van der Waals surface area (Å²) in [5.74, 6) is 1.88. The predicted octanol–water partition coefficient (Wildman–Crippen LogP) is 0.227. The van der Waals surface area contributed by atoms with E-state index in [1.54, 1.807) is 0 Å². The Morgan fingerprint density at radius 1 is 1.37 bits per heavy atom. The third-order valence-electron chi connectivity index (χ3n) is 3.92. The summed E-state index contributed by atoms with van der Waals surface area (Å²) in [5, 5.41) is 3.41. The molecule has 0 radical (unpaired) electrons. The average molecular weight is 262 g/mol. The van der Waals surface area contributed by atoms with E-state index in [9.17, 15) is 4.79 Å². The summed E-state index contributed by atoms with van der Waals surface area (Å²) >= 11 is 0. The van der Waals surface area contributed by atoms with Gasteiger partial charge in [-0.2, -0.15) is 0 Å². The standard InChI is InChI=1S/C13H18N4O2/c1-8-3-11(16-12(15-8)13(18)19-2)17-6-9-4-14-5-10(9)7-17/h3,9-10,14H,4-7H2,1-2H3. The molecule has 1 N–H and O–H groups in total. The number of fused-ring (bicyclic) bond motifs is 1. The molecule has 3 heterocycles. The normalized spacial score (nSPS) is 25.5. The summed E-state index contributed by atoms with van der Waals surface area (Å²) in [6, 6.07) is 1.93. The maximum atomic E-state index is 11.6. The van der Waals surface area contributed by atoms with Gasteiger partial charge in [0.1, 0.15) is 5.82 Å². The Morgan fingerprint density at radius 3 is 2.68 bits per heavy atom. The molecular formula is C13H18N4O2. The number of carbonyl (C=O) groups excluding carboxylic acids is 1. The number of aryl methyl sites for hydroxylation is 1. The fourth-order valence-corrected chi connectivity index (χ4v) is 2.94. The number of esters is 1. The Hall–Kier alpha value is -1.69. The van der Waals surface area contributed by atoms with Crippen LogP contribution in [0.4, 0.5) is 5.82 Å². The highest BCUT2D eigenvalue weighted by molar-refractivity contribution is 5.85. The van der Waals surface area contributed by atoms with Crippen LogP contribution in [0.1, 0.15) is 16.3 Å². The zero-order chi connectivity index (χ0) is 13.4. The number of hydrogen-bond donors (Lipinski definition) is 1. The maximum absolute atomic E-state index is 11.6. The van der Waals surface area contributed by atoms with E-state index in [1.165, 1.54) is 7.11 Å². The topological polar surface area (TPSA) is 67.3 Å². The third kappa shape index (κ3) is 2.28. The molecule has 19 heavy (non-hydrogen) atoms. The van der Waals surface area contributed by atoms with Gasteiger partial charge in [0, 0.05) is 37.9 Å². The van der Waals surface area contributed by atoms with E-state index >= 15 is 0 Å². The van der Waals surface area contributed by atoms with Crippen LogP contribution < -0.4 is 10.2 Å². The van der Waals surface area contributed by atoms with Gasteiger partial charge in [-0.05, 0) is 18.8 Å². The van der Waals surface area contributed by atoms with Gasteiger partial charge in [0.2, 0.25) is 5.82 Å². The summed E-state index contributed by atoms with van der Waals surface area (Å²) in [7, 11) is 1.35. The van der Waals surface area contributed by atoms with E-state index in [0.717, 1.165) is 37.7 Å². The second kappa shape index (κ2) is 4.77. The molecule has 0 saturated carbocycles. The first-order valence-electron chi connectivity index (χ1n) is 6.57. The number of carbonyl (C=O) groups is 1. The van der Waals surface area contributed by atoms with Gasteiger partial charge < -0.3 is 15.0 Å². The van der Waals surface area contributed by atoms with Gasteiger partial charge in [-0.15, -0.1) is 0 Å². The molecule has 1 aromatic heterocycles. The molecule has 2 saturated heterocycles. The van der Waals surface area contributed by atoms with Crippen LogP contribution in [0.5, 0.6) is 0 Å². The number of hydrogen-bond acceptors (Lipinski definition) is 6. The van der Waals surface area contributed by atoms with Crippen LogP contribution in [0.25, 0.3) is 0 Å². The largest absolute Gasteiger partial charge is 0.463 e. The van der Waals surface area contributed by atoms with Crippen LogP contribution in [0.15, 0.2) is 6.07 Å². The molecule has 0 bridgehead atoms. The monoisotopic (exact) mass is 262 g/mol. The number of methoxy groups -OCH3 is 1. The minimum atomic E-state index is -0.481. The lowest BCUT2D eigenvalue weighted by atomic mass is 10.0. The third-order valence-corrected chi connectivity index (χ3v) is 3.92. The van der Waals surface area contributed by atoms with Crippen molar-refractivity contribution < 1.29 is 9.53 Å². The van der Waals surface area contributed by atoms with Gasteiger partial charge in [0.15, 0.2) is 0 Å². The van der Waals surface area contributed by atoms with Crippen LogP contribution in [0, 0.1) is 18.8 Å². The van der Waals surface area contributed by atoms with Crippen molar-refractivity contribution in [2.45, 2.75) is 6.92 Å². The predicted molar refractivity (Wildman–Crippen MR) is 70.2 cm³/mol. The van der Waals surface area contributed by atoms with Crippen LogP contribution in [0.3, 0.4) is 0 Å². The number of ether oxygens (including phenoxy) is 1. The molecule has 3 rings (SSSR count). The van der Waals surface area contributed by atoms with Gasteiger partial charge in [0.05, 0.1) is 7.11 Å². The minimum absolute atomic E-state index is 0.146.